The van der Waals surface area contributed by atoms with Gasteiger partial charge in [0, 0.05) is 10.9 Å². The van der Waals surface area contributed by atoms with Gasteiger partial charge in [-0.15, -0.1) is 0 Å². The van der Waals surface area contributed by atoms with E-state index in [4.69, 9.17) is 4.74 Å². The van der Waals surface area contributed by atoms with Gasteiger partial charge in [-0.25, -0.2) is 0 Å². The summed E-state index contributed by atoms with van der Waals surface area (Å²) in [5, 5.41) is 10.3. The minimum Gasteiger partial charge on any atom is -0.493 e. The molecule has 0 radical (unpaired) electrons. The monoisotopic (exact) mass is 332 g/mol. The van der Waals surface area contributed by atoms with Gasteiger partial charge in [0.2, 0.25) is 0 Å². The van der Waals surface area contributed by atoms with Crippen LogP contribution < -0.4 is 4.74 Å². The molecule has 0 amide bonds. The van der Waals surface area contributed by atoms with E-state index in [0.717, 1.165) is 41.7 Å². The largest absolute Gasteiger partial charge is 0.493 e. The number of fused-ring (bicyclic) bond motifs is 1. The topological polar surface area (TPSA) is 29.5 Å². The van der Waals surface area contributed by atoms with E-state index in [-0.39, 0.29) is 0 Å². The van der Waals surface area contributed by atoms with E-state index in [1.54, 1.807) is 0 Å². The maximum Gasteiger partial charge on any atom is 0.122 e. The molecule has 0 spiro atoms. The second-order valence-electron chi connectivity index (χ2n) is 5.15. The van der Waals surface area contributed by atoms with Crippen LogP contribution >= 0.6 is 15.9 Å². The molecule has 2 aromatic carbocycles. The molecule has 1 aliphatic heterocycles. The van der Waals surface area contributed by atoms with E-state index >= 15 is 0 Å². The number of rotatable bonds is 4. The lowest BCUT2D eigenvalue weighted by atomic mass is 10.00. The predicted molar refractivity (Wildman–Crippen MR) is 83.1 cm³/mol. The van der Waals surface area contributed by atoms with Crippen LogP contribution in [0, 0.1) is 0 Å². The maximum absolute atomic E-state index is 10.3. The van der Waals surface area contributed by atoms with Gasteiger partial charge in [0.05, 0.1) is 12.7 Å². The molecule has 1 unspecified atom stereocenters. The van der Waals surface area contributed by atoms with Crippen LogP contribution in [0.3, 0.4) is 0 Å². The number of aliphatic hydroxyl groups is 1. The fourth-order valence-electron chi connectivity index (χ4n) is 2.58. The molecule has 0 aliphatic carbocycles. The molecule has 1 aliphatic rings. The Labute approximate surface area is 127 Å². The van der Waals surface area contributed by atoms with Gasteiger partial charge in [0.1, 0.15) is 5.75 Å². The first-order valence-corrected chi connectivity index (χ1v) is 7.70. The number of halogens is 1. The van der Waals surface area contributed by atoms with E-state index in [2.05, 4.69) is 28.1 Å². The Hall–Kier alpha value is -1.32. The van der Waals surface area contributed by atoms with Crippen LogP contribution in [-0.4, -0.2) is 11.7 Å². The molecule has 0 bridgehead atoms. The fourth-order valence-corrected chi connectivity index (χ4v) is 3.00. The average molecular weight is 333 g/mol. The SMILES string of the molecule is OC(CCc1ccc2c(c1)CCO2)c1cccc(Br)c1. The second kappa shape index (κ2) is 5.98. The van der Waals surface area contributed by atoms with Crippen molar-refractivity contribution in [1.29, 1.82) is 0 Å². The van der Waals surface area contributed by atoms with Crippen molar-refractivity contribution in [3.63, 3.8) is 0 Å². The number of aryl methyl sites for hydroxylation is 1. The molecule has 1 heterocycles. The lowest BCUT2D eigenvalue weighted by Gasteiger charge is -2.12. The van der Waals surface area contributed by atoms with Crippen molar-refractivity contribution < 1.29 is 9.84 Å². The number of benzene rings is 2. The highest BCUT2D eigenvalue weighted by molar-refractivity contribution is 9.10. The summed E-state index contributed by atoms with van der Waals surface area (Å²) in [6, 6.07) is 14.2. The standard InChI is InChI=1S/C17H17BrO2/c18-15-3-1-2-13(11-15)16(19)6-4-12-5-7-17-14(10-12)8-9-20-17/h1-3,5,7,10-11,16,19H,4,6,8-9H2. The third kappa shape index (κ3) is 3.05. The maximum atomic E-state index is 10.3. The highest BCUT2D eigenvalue weighted by Crippen LogP contribution is 2.27. The van der Waals surface area contributed by atoms with E-state index < -0.39 is 6.10 Å². The van der Waals surface area contributed by atoms with Crippen LogP contribution in [0.15, 0.2) is 46.9 Å². The van der Waals surface area contributed by atoms with Crippen molar-refractivity contribution in [2.75, 3.05) is 6.61 Å². The highest BCUT2D eigenvalue weighted by Gasteiger charge is 2.13. The Bertz CT molecular complexity index is 610. The smallest absolute Gasteiger partial charge is 0.122 e. The van der Waals surface area contributed by atoms with Crippen molar-refractivity contribution in [1.82, 2.24) is 0 Å². The highest BCUT2D eigenvalue weighted by atomic mass is 79.9. The zero-order valence-electron chi connectivity index (χ0n) is 11.2. The van der Waals surface area contributed by atoms with Crippen LogP contribution in [0.1, 0.15) is 29.2 Å². The number of hydrogen-bond donors (Lipinski definition) is 1. The quantitative estimate of drug-likeness (QED) is 0.915. The van der Waals surface area contributed by atoms with Crippen LogP contribution in [0.5, 0.6) is 5.75 Å². The van der Waals surface area contributed by atoms with Gasteiger partial charge in [-0.3, -0.25) is 0 Å². The zero-order valence-corrected chi connectivity index (χ0v) is 12.8. The molecule has 1 N–H and O–H groups in total. The third-order valence-corrected chi connectivity index (χ3v) is 4.19. The Morgan fingerprint density at radius 3 is 2.95 bits per heavy atom. The minimum atomic E-state index is -0.419. The first-order chi connectivity index (χ1) is 9.72. The van der Waals surface area contributed by atoms with Crippen molar-refractivity contribution in [3.8, 4) is 5.75 Å². The zero-order chi connectivity index (χ0) is 13.9. The summed E-state index contributed by atoms with van der Waals surface area (Å²) in [4.78, 5) is 0. The van der Waals surface area contributed by atoms with Gasteiger partial charge in [-0.2, -0.15) is 0 Å². The summed E-state index contributed by atoms with van der Waals surface area (Å²) in [6.07, 6.45) is 2.19. The van der Waals surface area contributed by atoms with Gasteiger partial charge < -0.3 is 9.84 Å². The predicted octanol–water partition coefficient (Wildman–Crippen LogP) is 4.05. The fraction of sp³-hybridized carbons (Fsp3) is 0.294. The lowest BCUT2D eigenvalue weighted by molar-refractivity contribution is 0.168. The molecular formula is C17H17BrO2. The summed E-state index contributed by atoms with van der Waals surface area (Å²) in [5.74, 6) is 1.02. The van der Waals surface area contributed by atoms with Crippen molar-refractivity contribution in [2.45, 2.75) is 25.4 Å². The molecular weight excluding hydrogens is 316 g/mol. The molecule has 2 nitrogen and oxygen atoms in total. The number of ether oxygens (including phenoxy) is 1. The molecule has 2 aromatic rings. The molecule has 3 rings (SSSR count). The van der Waals surface area contributed by atoms with E-state index in [1.807, 2.05) is 30.3 Å². The van der Waals surface area contributed by atoms with Crippen molar-refractivity contribution in [3.05, 3.63) is 63.6 Å². The van der Waals surface area contributed by atoms with Crippen molar-refractivity contribution >= 4 is 15.9 Å². The van der Waals surface area contributed by atoms with Crippen LogP contribution in [-0.2, 0) is 12.8 Å². The first-order valence-electron chi connectivity index (χ1n) is 6.90. The summed E-state index contributed by atoms with van der Waals surface area (Å²) in [7, 11) is 0. The van der Waals surface area contributed by atoms with E-state index in [0.29, 0.717) is 0 Å². The van der Waals surface area contributed by atoms with Crippen LogP contribution in [0.4, 0.5) is 0 Å². The molecule has 20 heavy (non-hydrogen) atoms. The van der Waals surface area contributed by atoms with Crippen LogP contribution in [0.25, 0.3) is 0 Å². The molecule has 0 saturated carbocycles. The van der Waals surface area contributed by atoms with Gasteiger partial charge in [0.15, 0.2) is 0 Å². The average Bonchev–Trinajstić information content (AvgIpc) is 2.92. The summed E-state index contributed by atoms with van der Waals surface area (Å²) in [5.41, 5.74) is 3.52. The van der Waals surface area contributed by atoms with Crippen LogP contribution in [0.2, 0.25) is 0 Å². The van der Waals surface area contributed by atoms with Crippen molar-refractivity contribution in [2.24, 2.45) is 0 Å². The molecule has 0 fully saturated rings. The summed E-state index contributed by atoms with van der Waals surface area (Å²) in [6.45, 7) is 0.791. The number of aliphatic hydroxyl groups excluding tert-OH is 1. The van der Waals surface area contributed by atoms with Gasteiger partial charge in [0.25, 0.3) is 0 Å². The van der Waals surface area contributed by atoms with E-state index in [9.17, 15) is 5.11 Å². The molecule has 0 aromatic heterocycles. The lowest BCUT2D eigenvalue weighted by Crippen LogP contribution is -2.00. The summed E-state index contributed by atoms with van der Waals surface area (Å²) >= 11 is 3.44. The number of hydrogen-bond acceptors (Lipinski definition) is 2. The molecule has 0 saturated heterocycles. The second-order valence-corrected chi connectivity index (χ2v) is 6.07. The Kier molecular flexibility index (Phi) is 4.08. The Balaban J connectivity index is 1.64. The van der Waals surface area contributed by atoms with Gasteiger partial charge in [-0.05, 0) is 47.7 Å². The minimum absolute atomic E-state index is 0.419. The van der Waals surface area contributed by atoms with E-state index in [1.165, 1.54) is 11.1 Å². The normalized spacial score (nSPS) is 14.7. The third-order valence-electron chi connectivity index (χ3n) is 3.69. The van der Waals surface area contributed by atoms with Gasteiger partial charge >= 0.3 is 0 Å². The molecule has 3 heteroatoms. The molecule has 1 atom stereocenters. The molecule has 104 valence electrons. The Morgan fingerprint density at radius 1 is 1.20 bits per heavy atom. The summed E-state index contributed by atoms with van der Waals surface area (Å²) < 4.78 is 6.51. The Morgan fingerprint density at radius 2 is 2.10 bits per heavy atom. The van der Waals surface area contributed by atoms with Gasteiger partial charge in [-0.1, -0.05) is 40.2 Å². The first kappa shape index (κ1) is 13.7.